The van der Waals surface area contributed by atoms with Gasteiger partial charge in [-0.25, -0.2) is 9.59 Å². The van der Waals surface area contributed by atoms with E-state index in [9.17, 15) is 9.59 Å². The Bertz CT molecular complexity index is 452. The van der Waals surface area contributed by atoms with Gasteiger partial charge in [0.25, 0.3) is 18.3 Å². The first kappa shape index (κ1) is 10.8. The van der Waals surface area contributed by atoms with E-state index >= 15 is 0 Å². The second-order valence-electron chi connectivity index (χ2n) is 2.01. The van der Waals surface area contributed by atoms with Crippen LogP contribution in [-0.2, 0) is 9.59 Å². The molecule has 1 rings (SSSR count). The molecule has 0 aromatic heterocycles. The first-order valence-corrected chi connectivity index (χ1v) is 3.85. The average Bonchev–Trinajstić information content (AvgIpc) is 2.23. The fourth-order valence-electron chi connectivity index (χ4n) is 0.725. The van der Waals surface area contributed by atoms with Gasteiger partial charge in [-0.3, -0.25) is 0 Å². The summed E-state index contributed by atoms with van der Waals surface area (Å²) in [5.41, 5.74) is 0. The lowest BCUT2D eigenvalue weighted by Gasteiger charge is -2.17. The van der Waals surface area contributed by atoms with E-state index in [2.05, 4.69) is 37.3 Å². The highest BCUT2D eigenvalue weighted by Gasteiger charge is 2.18. The van der Waals surface area contributed by atoms with Crippen LogP contribution in [0.3, 0.4) is 0 Å². The number of rotatable bonds is 2. The van der Waals surface area contributed by atoms with Crippen LogP contribution < -0.4 is 0 Å². The molecule has 1 atom stereocenters. The molecule has 0 radical (unpaired) electrons. The molecule has 0 spiro atoms. The maximum atomic E-state index is 10.0. The summed E-state index contributed by atoms with van der Waals surface area (Å²) >= 11 is 4.34. The van der Waals surface area contributed by atoms with Crippen LogP contribution in [0.15, 0.2) is 25.1 Å². The molecule has 1 aliphatic rings. The van der Waals surface area contributed by atoms with E-state index in [1.807, 2.05) is 5.16 Å². The highest BCUT2D eigenvalue weighted by Crippen LogP contribution is 2.06. The predicted molar refractivity (Wildman–Crippen MR) is 52.8 cm³/mol. The first-order chi connectivity index (χ1) is 7.31. The molecule has 0 bridgehead atoms. The van der Waals surface area contributed by atoms with Crippen molar-refractivity contribution in [3.63, 3.8) is 0 Å². The van der Waals surface area contributed by atoms with Crippen LogP contribution in [0.1, 0.15) is 0 Å². The van der Waals surface area contributed by atoms with Gasteiger partial charge in [-0.15, -0.1) is 0 Å². The summed E-state index contributed by atoms with van der Waals surface area (Å²) in [6, 6.07) is 0. The lowest BCUT2D eigenvalue weighted by atomic mass is 10.7. The van der Waals surface area contributed by atoms with Gasteiger partial charge < -0.3 is 0 Å². The van der Waals surface area contributed by atoms with Crippen molar-refractivity contribution in [2.75, 3.05) is 0 Å². The third kappa shape index (κ3) is 2.84. The average molecular weight is 222 g/mol. The van der Waals surface area contributed by atoms with Gasteiger partial charge in [0.05, 0.1) is 5.16 Å². The molecule has 0 aliphatic carbocycles. The van der Waals surface area contributed by atoms with Crippen LogP contribution in [-0.4, -0.2) is 40.9 Å². The van der Waals surface area contributed by atoms with E-state index < -0.39 is 6.29 Å². The van der Waals surface area contributed by atoms with Crippen LogP contribution >= 0.6 is 12.2 Å². The number of carbonyl (C=O) groups excluding carboxylic acids is 2. The number of isothiocyanates is 1. The summed E-state index contributed by atoms with van der Waals surface area (Å²) in [4.78, 5) is 34.1. The van der Waals surface area contributed by atoms with E-state index in [4.69, 9.17) is 0 Å². The zero-order valence-electron chi connectivity index (χ0n) is 7.06. The molecule has 1 heterocycles. The molecular weight excluding hydrogens is 220 g/mol. The van der Waals surface area contributed by atoms with Gasteiger partial charge in [0, 0.05) is 0 Å². The molecule has 0 fully saturated rings. The quantitative estimate of drug-likeness (QED) is 0.362. The van der Waals surface area contributed by atoms with Crippen LogP contribution in [0.4, 0.5) is 0 Å². The van der Waals surface area contributed by atoms with E-state index in [1.54, 1.807) is 0 Å². The minimum absolute atomic E-state index is 0.0219. The van der Waals surface area contributed by atoms with Crippen molar-refractivity contribution in [2.45, 2.75) is 6.29 Å². The summed E-state index contributed by atoms with van der Waals surface area (Å²) < 4.78 is 0. The molecule has 0 amide bonds. The van der Waals surface area contributed by atoms with Crippen LogP contribution in [0, 0.1) is 0 Å². The largest absolute Gasteiger partial charge is 0.259 e. The summed E-state index contributed by atoms with van der Waals surface area (Å²) in [5.74, 6) is -0.0219. The third-order valence-corrected chi connectivity index (χ3v) is 1.32. The summed E-state index contributed by atoms with van der Waals surface area (Å²) in [6.07, 6.45) is 2.57. The van der Waals surface area contributed by atoms with Crippen molar-refractivity contribution in [1.82, 2.24) is 5.01 Å². The van der Waals surface area contributed by atoms with Crippen molar-refractivity contribution in [2.24, 2.45) is 25.1 Å². The normalized spacial score (nSPS) is 18.0. The molecule has 0 N–H and O–H groups in total. The summed E-state index contributed by atoms with van der Waals surface area (Å²) in [6.45, 7) is 0. The summed E-state index contributed by atoms with van der Waals surface area (Å²) in [5, 5.41) is 6.15. The van der Waals surface area contributed by atoms with E-state index in [0.29, 0.717) is 0 Å². The molecule has 15 heavy (non-hydrogen) atoms. The molecule has 0 aromatic carbocycles. The van der Waals surface area contributed by atoms with Gasteiger partial charge in [-0.2, -0.15) is 25.0 Å². The van der Waals surface area contributed by atoms with Gasteiger partial charge in [0.2, 0.25) is 6.08 Å². The van der Waals surface area contributed by atoms with Gasteiger partial charge in [0.15, 0.2) is 0 Å². The number of isocyanates is 2. The maximum Gasteiger partial charge on any atom is 0.259 e. The number of guanidine groups is 1. The van der Waals surface area contributed by atoms with Crippen LogP contribution in [0.5, 0.6) is 0 Å². The van der Waals surface area contributed by atoms with Crippen molar-refractivity contribution in [3.05, 3.63) is 0 Å². The smallest absolute Gasteiger partial charge is 0.211 e. The lowest BCUT2D eigenvalue weighted by molar-refractivity contribution is 0.345. The standard InChI is InChI=1S/C6H2N6O2S/c13-2-8-6-11-5(9-4-15)7-1-12(6)10-3-14/h1,6H. The molecule has 0 aromatic rings. The molecule has 8 nitrogen and oxygen atoms in total. The molecule has 0 saturated heterocycles. The zero-order valence-corrected chi connectivity index (χ0v) is 7.88. The van der Waals surface area contributed by atoms with Crippen molar-refractivity contribution >= 4 is 41.8 Å². The second kappa shape index (κ2) is 5.43. The Morgan fingerprint density at radius 1 is 1.47 bits per heavy atom. The Hall–Kier alpha value is -2.30. The predicted octanol–water partition coefficient (Wildman–Crippen LogP) is -0.341. The van der Waals surface area contributed by atoms with Gasteiger partial charge in [0.1, 0.15) is 6.34 Å². The van der Waals surface area contributed by atoms with Crippen LogP contribution in [0.2, 0.25) is 0 Å². The molecule has 9 heteroatoms. The monoisotopic (exact) mass is 222 g/mol. The fraction of sp³-hybridized carbons (Fsp3) is 0.167. The number of hydrazone groups is 1. The Labute approximate surface area is 88.4 Å². The molecule has 0 saturated carbocycles. The molecule has 1 unspecified atom stereocenters. The number of nitrogens with zero attached hydrogens (tertiary/aromatic N) is 6. The zero-order chi connectivity index (χ0) is 11.1. The van der Waals surface area contributed by atoms with Crippen molar-refractivity contribution in [3.8, 4) is 0 Å². The van der Waals surface area contributed by atoms with E-state index in [1.165, 1.54) is 12.2 Å². The highest BCUT2D eigenvalue weighted by atomic mass is 32.1. The SMILES string of the molecule is O=C=NC1N=C(N=C=S)N=CN1N=C=O. The Kier molecular flexibility index (Phi) is 3.91. The van der Waals surface area contributed by atoms with Crippen molar-refractivity contribution in [1.29, 1.82) is 0 Å². The number of hydrogen-bond acceptors (Lipinski definition) is 9. The first-order valence-electron chi connectivity index (χ1n) is 3.45. The Morgan fingerprint density at radius 3 is 2.87 bits per heavy atom. The minimum atomic E-state index is -1.07. The lowest BCUT2D eigenvalue weighted by Crippen LogP contribution is -2.30. The molecular formula is C6H2N6O2S. The molecule has 74 valence electrons. The number of thiocarbonyl (C=S) groups is 1. The van der Waals surface area contributed by atoms with Gasteiger partial charge in [-0.1, -0.05) is 5.10 Å². The Balaban J connectivity index is 3.02. The third-order valence-electron chi connectivity index (χ3n) is 1.23. The number of aliphatic imine (C=N–C) groups is 4. The molecule has 1 aliphatic heterocycles. The highest BCUT2D eigenvalue weighted by molar-refractivity contribution is 7.78. The van der Waals surface area contributed by atoms with Gasteiger partial charge >= 0.3 is 0 Å². The van der Waals surface area contributed by atoms with E-state index in [0.717, 1.165) is 11.3 Å². The summed E-state index contributed by atoms with van der Waals surface area (Å²) in [7, 11) is 0. The minimum Gasteiger partial charge on any atom is -0.211 e. The fourth-order valence-corrected chi connectivity index (χ4v) is 0.806. The second-order valence-corrected chi connectivity index (χ2v) is 2.20. The van der Waals surface area contributed by atoms with Gasteiger partial charge in [-0.05, 0) is 12.2 Å². The number of hydrogen-bond donors (Lipinski definition) is 0. The maximum absolute atomic E-state index is 10.0. The topological polar surface area (TPSA) is 99.2 Å². The van der Waals surface area contributed by atoms with Crippen LogP contribution in [0.25, 0.3) is 0 Å². The Morgan fingerprint density at radius 2 is 2.27 bits per heavy atom. The van der Waals surface area contributed by atoms with Crippen molar-refractivity contribution < 1.29 is 9.59 Å². The van der Waals surface area contributed by atoms with E-state index in [-0.39, 0.29) is 5.96 Å².